The Balaban J connectivity index is 1.74. The lowest BCUT2D eigenvalue weighted by atomic mass is 10.1. The zero-order chi connectivity index (χ0) is 18.7. The second kappa shape index (κ2) is 7.25. The number of fused-ring (bicyclic) bond motifs is 1. The van der Waals surface area contributed by atoms with E-state index in [4.69, 9.17) is 0 Å². The van der Waals surface area contributed by atoms with Crippen molar-refractivity contribution >= 4 is 27.2 Å². The fourth-order valence-corrected chi connectivity index (χ4v) is 3.87. The first-order valence-electron chi connectivity index (χ1n) is 8.33. The smallest absolute Gasteiger partial charge is 0.242 e. The molecule has 1 unspecified atom stereocenters. The van der Waals surface area contributed by atoms with E-state index < -0.39 is 21.0 Å². The van der Waals surface area contributed by atoms with Gasteiger partial charge in [-0.15, -0.1) is 0 Å². The van der Waals surface area contributed by atoms with Gasteiger partial charge in [0.05, 0.1) is 11.4 Å². The molecule has 7 nitrogen and oxygen atoms in total. The Morgan fingerprint density at radius 1 is 1.27 bits per heavy atom. The third-order valence-electron chi connectivity index (χ3n) is 4.08. The van der Waals surface area contributed by atoms with Crippen LogP contribution < -0.4 is 5.32 Å². The second-order valence-electron chi connectivity index (χ2n) is 6.03. The van der Waals surface area contributed by atoms with Gasteiger partial charge in [0.25, 0.3) is 0 Å². The third-order valence-corrected chi connectivity index (χ3v) is 6.35. The number of nitrogens with one attached hydrogen (secondary N) is 1. The van der Waals surface area contributed by atoms with Crippen molar-refractivity contribution in [1.29, 1.82) is 0 Å². The van der Waals surface area contributed by atoms with E-state index in [1.165, 1.54) is 6.92 Å². The topological polar surface area (TPSA) is 93.4 Å². The van der Waals surface area contributed by atoms with Gasteiger partial charge in [-0.3, -0.25) is 9.20 Å². The van der Waals surface area contributed by atoms with Gasteiger partial charge in [-0.1, -0.05) is 19.1 Å². The Hall–Kier alpha value is -2.74. The number of hydrogen-bond donors (Lipinski definition) is 1. The fourth-order valence-electron chi connectivity index (χ4n) is 2.56. The summed E-state index contributed by atoms with van der Waals surface area (Å²) in [6.07, 6.45) is 5.90. The van der Waals surface area contributed by atoms with Crippen molar-refractivity contribution in [2.24, 2.45) is 0 Å². The summed E-state index contributed by atoms with van der Waals surface area (Å²) >= 11 is 0. The van der Waals surface area contributed by atoms with Gasteiger partial charge in [-0.25, -0.2) is 18.4 Å². The van der Waals surface area contributed by atoms with Gasteiger partial charge in [0.1, 0.15) is 5.25 Å². The number of carbonyl (C=O) groups excluding carboxylic acids is 1. The number of nitrogens with zero attached hydrogens (tertiary/aromatic N) is 3. The van der Waals surface area contributed by atoms with E-state index in [-0.39, 0.29) is 5.75 Å². The maximum Gasteiger partial charge on any atom is 0.242 e. The molecule has 0 aliphatic rings. The van der Waals surface area contributed by atoms with Gasteiger partial charge in [-0.05, 0) is 31.5 Å². The summed E-state index contributed by atoms with van der Waals surface area (Å²) in [6.45, 7) is 3.19. The van der Waals surface area contributed by atoms with Crippen molar-refractivity contribution in [2.75, 3.05) is 11.1 Å². The lowest BCUT2D eigenvalue weighted by Crippen LogP contribution is -2.34. The van der Waals surface area contributed by atoms with Crippen LogP contribution in [0.15, 0.2) is 48.9 Å². The Labute approximate surface area is 152 Å². The summed E-state index contributed by atoms with van der Waals surface area (Å²) in [7, 11) is -3.43. The molecule has 1 N–H and O–H groups in total. The summed E-state index contributed by atoms with van der Waals surface area (Å²) in [5.41, 5.74) is 2.18. The van der Waals surface area contributed by atoms with Crippen molar-refractivity contribution in [3.05, 3.63) is 48.9 Å². The van der Waals surface area contributed by atoms with Crippen LogP contribution in [0.5, 0.6) is 0 Å². The molecular weight excluding hydrogens is 352 g/mol. The van der Waals surface area contributed by atoms with Crippen LogP contribution in [-0.2, 0) is 14.6 Å². The average molecular weight is 372 g/mol. The molecule has 0 radical (unpaired) electrons. The van der Waals surface area contributed by atoms with Crippen LogP contribution in [0, 0.1) is 0 Å². The highest BCUT2D eigenvalue weighted by Crippen LogP contribution is 2.21. The number of rotatable bonds is 6. The number of amides is 1. The van der Waals surface area contributed by atoms with Crippen LogP contribution in [-0.4, -0.2) is 39.7 Å². The molecule has 136 valence electrons. The predicted octanol–water partition coefficient (Wildman–Crippen LogP) is 2.55. The summed E-state index contributed by atoms with van der Waals surface area (Å²) in [6, 6.07) is 8.92. The lowest BCUT2D eigenvalue weighted by Gasteiger charge is -2.13. The molecule has 8 heteroatoms. The molecule has 1 atom stereocenters. The molecule has 0 saturated heterocycles. The molecule has 0 aliphatic carbocycles. The molecule has 3 rings (SSSR count). The molecule has 26 heavy (non-hydrogen) atoms. The van der Waals surface area contributed by atoms with Gasteiger partial charge < -0.3 is 5.32 Å². The van der Waals surface area contributed by atoms with Crippen LogP contribution >= 0.6 is 0 Å². The van der Waals surface area contributed by atoms with Crippen molar-refractivity contribution in [2.45, 2.75) is 25.5 Å². The standard InChI is InChI=1S/C18H20N4O3S/c1-3-11-26(24,25)13(2)17(23)20-15-7-5-14(6-8-15)16-12-22-10-4-9-19-18(22)21-16/h4-10,12-13H,3,11H2,1-2H3,(H,20,23). The predicted molar refractivity (Wildman–Crippen MR) is 101 cm³/mol. The molecule has 1 aromatic carbocycles. The van der Waals surface area contributed by atoms with Crippen LogP contribution in [0.3, 0.4) is 0 Å². The molecular formula is C18H20N4O3S. The van der Waals surface area contributed by atoms with Crippen LogP contribution in [0.4, 0.5) is 5.69 Å². The summed E-state index contributed by atoms with van der Waals surface area (Å²) in [5.74, 6) is 0.0839. The fraction of sp³-hybridized carbons (Fsp3) is 0.278. The Morgan fingerprint density at radius 3 is 2.65 bits per heavy atom. The first-order valence-corrected chi connectivity index (χ1v) is 10.0. The zero-order valence-electron chi connectivity index (χ0n) is 14.6. The molecule has 1 amide bonds. The number of imidazole rings is 1. The van der Waals surface area contributed by atoms with Crippen molar-refractivity contribution in [3.63, 3.8) is 0 Å². The van der Waals surface area contributed by atoms with Gasteiger partial charge in [0.2, 0.25) is 11.7 Å². The largest absolute Gasteiger partial charge is 0.325 e. The van der Waals surface area contributed by atoms with E-state index in [1.807, 2.05) is 35.0 Å². The number of hydrogen-bond acceptors (Lipinski definition) is 5. The van der Waals surface area contributed by atoms with Crippen molar-refractivity contribution in [1.82, 2.24) is 14.4 Å². The van der Waals surface area contributed by atoms with E-state index in [0.29, 0.717) is 17.9 Å². The quantitative estimate of drug-likeness (QED) is 0.718. The summed E-state index contributed by atoms with van der Waals surface area (Å²) in [5, 5.41) is 1.58. The van der Waals surface area contributed by atoms with Crippen molar-refractivity contribution < 1.29 is 13.2 Å². The monoisotopic (exact) mass is 372 g/mol. The molecule has 0 fully saturated rings. The molecule has 2 aromatic heterocycles. The average Bonchev–Trinajstić information content (AvgIpc) is 3.05. The highest BCUT2D eigenvalue weighted by atomic mass is 32.2. The van der Waals surface area contributed by atoms with E-state index in [0.717, 1.165) is 11.3 Å². The van der Waals surface area contributed by atoms with E-state index in [2.05, 4.69) is 15.3 Å². The number of anilines is 1. The minimum Gasteiger partial charge on any atom is -0.325 e. The Morgan fingerprint density at radius 2 is 2.00 bits per heavy atom. The molecule has 0 saturated carbocycles. The summed E-state index contributed by atoms with van der Waals surface area (Å²) in [4.78, 5) is 20.8. The van der Waals surface area contributed by atoms with Gasteiger partial charge in [0, 0.05) is 29.8 Å². The maximum absolute atomic E-state index is 12.2. The minimum atomic E-state index is -3.43. The highest BCUT2D eigenvalue weighted by molar-refractivity contribution is 7.92. The first kappa shape index (κ1) is 18.1. The molecule has 3 aromatic rings. The lowest BCUT2D eigenvalue weighted by molar-refractivity contribution is -0.115. The summed E-state index contributed by atoms with van der Waals surface area (Å²) < 4.78 is 25.8. The molecule has 0 spiro atoms. The van der Waals surface area contributed by atoms with E-state index in [1.54, 1.807) is 25.3 Å². The van der Waals surface area contributed by atoms with Gasteiger partial charge in [-0.2, -0.15) is 0 Å². The zero-order valence-corrected chi connectivity index (χ0v) is 15.4. The number of aromatic nitrogens is 3. The Bertz CT molecular complexity index is 993. The van der Waals surface area contributed by atoms with Gasteiger partial charge >= 0.3 is 0 Å². The van der Waals surface area contributed by atoms with Crippen LogP contribution in [0.2, 0.25) is 0 Å². The van der Waals surface area contributed by atoms with Crippen LogP contribution in [0.25, 0.3) is 17.0 Å². The second-order valence-corrected chi connectivity index (χ2v) is 8.47. The third kappa shape index (κ3) is 3.75. The molecule has 2 heterocycles. The van der Waals surface area contributed by atoms with E-state index >= 15 is 0 Å². The normalized spacial score (nSPS) is 12.8. The first-order chi connectivity index (χ1) is 12.4. The van der Waals surface area contributed by atoms with Crippen molar-refractivity contribution in [3.8, 4) is 11.3 Å². The highest BCUT2D eigenvalue weighted by Gasteiger charge is 2.27. The van der Waals surface area contributed by atoms with Gasteiger partial charge in [0.15, 0.2) is 9.84 Å². The molecule has 0 aliphatic heterocycles. The maximum atomic E-state index is 12.2. The minimum absolute atomic E-state index is 0.00243. The van der Waals surface area contributed by atoms with E-state index in [9.17, 15) is 13.2 Å². The van der Waals surface area contributed by atoms with Crippen LogP contribution in [0.1, 0.15) is 20.3 Å². The SMILES string of the molecule is CCCS(=O)(=O)C(C)C(=O)Nc1ccc(-c2cn3cccnc3n2)cc1. The Kier molecular flexibility index (Phi) is 5.03. The number of carbonyl (C=O) groups is 1. The molecule has 0 bridgehead atoms. The number of benzene rings is 1. The number of sulfone groups is 1.